The lowest BCUT2D eigenvalue weighted by Crippen LogP contribution is -2.36. The molecule has 2 rings (SSSR count). The number of halogens is 1. The molecule has 0 saturated heterocycles. The van der Waals surface area contributed by atoms with E-state index in [0.29, 0.717) is 25.5 Å². The Hall–Kier alpha value is -2.34. The molecule has 0 aliphatic rings. The van der Waals surface area contributed by atoms with Gasteiger partial charge in [0.1, 0.15) is 5.76 Å². The second-order valence-electron chi connectivity index (χ2n) is 4.61. The molecule has 1 aromatic carbocycles. The van der Waals surface area contributed by atoms with Crippen LogP contribution in [0.4, 0.5) is 4.39 Å². The average molecular weight is 307 g/mol. The fourth-order valence-electron chi connectivity index (χ4n) is 1.88. The van der Waals surface area contributed by atoms with Gasteiger partial charge in [-0.1, -0.05) is 12.1 Å². The highest BCUT2D eigenvalue weighted by Gasteiger charge is 2.16. The molecule has 118 valence electrons. The van der Waals surface area contributed by atoms with E-state index in [1.165, 1.54) is 12.1 Å². The first-order chi connectivity index (χ1) is 10.7. The highest BCUT2D eigenvalue weighted by atomic mass is 19.1. The molecule has 0 aliphatic heterocycles. The van der Waals surface area contributed by atoms with Crippen molar-refractivity contribution in [2.45, 2.75) is 6.54 Å². The summed E-state index contributed by atoms with van der Waals surface area (Å²) in [6.07, 6.45) is 1.55. The molecule has 1 amide bonds. The molecule has 0 unspecified atom stereocenters. The van der Waals surface area contributed by atoms with Gasteiger partial charge in [0.15, 0.2) is 18.2 Å². The summed E-state index contributed by atoms with van der Waals surface area (Å²) in [4.78, 5) is 13.8. The summed E-state index contributed by atoms with van der Waals surface area (Å²) in [5.74, 6) is -0.0441. The molecule has 0 saturated carbocycles. The lowest BCUT2D eigenvalue weighted by atomic mass is 10.3. The third-order valence-electron chi connectivity index (χ3n) is 3.03. The third-order valence-corrected chi connectivity index (χ3v) is 3.03. The molecule has 5 nitrogen and oxygen atoms in total. The molecular formula is C16H18FNO4. The molecule has 2 aromatic rings. The van der Waals surface area contributed by atoms with Crippen LogP contribution in [-0.4, -0.2) is 37.7 Å². The Morgan fingerprint density at radius 3 is 2.77 bits per heavy atom. The third kappa shape index (κ3) is 4.60. The van der Waals surface area contributed by atoms with Crippen LogP contribution in [0.5, 0.6) is 5.75 Å². The number of amides is 1. The number of para-hydroxylation sites is 1. The van der Waals surface area contributed by atoms with Crippen LogP contribution in [0.15, 0.2) is 47.1 Å². The van der Waals surface area contributed by atoms with Crippen molar-refractivity contribution < 1.29 is 23.1 Å². The maximum Gasteiger partial charge on any atom is 0.260 e. The molecule has 1 aromatic heterocycles. The molecule has 0 spiro atoms. The van der Waals surface area contributed by atoms with Gasteiger partial charge in [-0.15, -0.1) is 0 Å². The number of methoxy groups -OCH3 is 1. The SMILES string of the molecule is COCCN(Cc1ccco1)C(=O)COc1ccccc1F. The Morgan fingerprint density at radius 2 is 2.09 bits per heavy atom. The summed E-state index contributed by atoms with van der Waals surface area (Å²) in [6, 6.07) is 9.51. The van der Waals surface area contributed by atoms with Gasteiger partial charge < -0.3 is 18.8 Å². The minimum absolute atomic E-state index is 0.0561. The van der Waals surface area contributed by atoms with Crippen LogP contribution in [0.2, 0.25) is 0 Å². The van der Waals surface area contributed by atoms with E-state index in [1.807, 2.05) is 0 Å². The number of ether oxygens (including phenoxy) is 2. The Kier molecular flexibility index (Phi) is 5.97. The van der Waals surface area contributed by atoms with Gasteiger partial charge in [-0.25, -0.2) is 4.39 Å². The largest absolute Gasteiger partial charge is 0.481 e. The number of hydrogen-bond donors (Lipinski definition) is 0. The van der Waals surface area contributed by atoms with Crippen LogP contribution in [0.3, 0.4) is 0 Å². The van der Waals surface area contributed by atoms with Gasteiger partial charge in [0.25, 0.3) is 5.91 Å². The molecule has 0 fully saturated rings. The van der Waals surface area contributed by atoms with Crippen LogP contribution in [0.25, 0.3) is 0 Å². The van der Waals surface area contributed by atoms with E-state index >= 15 is 0 Å². The van der Waals surface area contributed by atoms with E-state index in [4.69, 9.17) is 13.9 Å². The van der Waals surface area contributed by atoms with Gasteiger partial charge in [0.2, 0.25) is 0 Å². The predicted molar refractivity (Wildman–Crippen MR) is 77.9 cm³/mol. The minimum Gasteiger partial charge on any atom is -0.481 e. The second kappa shape index (κ2) is 8.19. The summed E-state index contributed by atoms with van der Waals surface area (Å²) in [6.45, 7) is 0.865. The summed E-state index contributed by atoms with van der Waals surface area (Å²) in [7, 11) is 1.56. The van der Waals surface area contributed by atoms with E-state index in [0.717, 1.165) is 0 Å². The predicted octanol–water partition coefficient (Wildman–Crippen LogP) is 2.47. The van der Waals surface area contributed by atoms with Crippen LogP contribution >= 0.6 is 0 Å². The lowest BCUT2D eigenvalue weighted by molar-refractivity contribution is -0.135. The Balaban J connectivity index is 1.94. The van der Waals surface area contributed by atoms with Gasteiger partial charge in [0.05, 0.1) is 19.4 Å². The van der Waals surface area contributed by atoms with Crippen LogP contribution in [-0.2, 0) is 16.1 Å². The lowest BCUT2D eigenvalue weighted by Gasteiger charge is -2.21. The zero-order valence-corrected chi connectivity index (χ0v) is 12.3. The summed E-state index contributed by atoms with van der Waals surface area (Å²) < 4.78 is 28.9. The van der Waals surface area contributed by atoms with Gasteiger partial charge in [-0.3, -0.25) is 4.79 Å². The van der Waals surface area contributed by atoms with Crippen molar-refractivity contribution in [1.29, 1.82) is 0 Å². The average Bonchev–Trinajstić information content (AvgIpc) is 3.03. The van der Waals surface area contributed by atoms with Crippen molar-refractivity contribution in [3.8, 4) is 5.75 Å². The van der Waals surface area contributed by atoms with E-state index < -0.39 is 5.82 Å². The first-order valence-electron chi connectivity index (χ1n) is 6.87. The van der Waals surface area contributed by atoms with Crippen molar-refractivity contribution >= 4 is 5.91 Å². The monoisotopic (exact) mass is 307 g/mol. The van der Waals surface area contributed by atoms with Crippen molar-refractivity contribution in [2.24, 2.45) is 0 Å². The molecule has 0 N–H and O–H groups in total. The highest BCUT2D eigenvalue weighted by molar-refractivity contribution is 5.77. The van der Waals surface area contributed by atoms with E-state index in [9.17, 15) is 9.18 Å². The van der Waals surface area contributed by atoms with Gasteiger partial charge in [0, 0.05) is 13.7 Å². The molecule has 22 heavy (non-hydrogen) atoms. The summed E-state index contributed by atoms with van der Waals surface area (Å²) >= 11 is 0. The molecule has 0 bridgehead atoms. The van der Waals surface area contributed by atoms with E-state index in [1.54, 1.807) is 42.5 Å². The Bertz CT molecular complexity index is 586. The summed E-state index contributed by atoms with van der Waals surface area (Å²) in [5.41, 5.74) is 0. The Morgan fingerprint density at radius 1 is 1.27 bits per heavy atom. The van der Waals surface area contributed by atoms with Crippen molar-refractivity contribution in [3.05, 3.63) is 54.2 Å². The number of carbonyl (C=O) groups is 1. The number of carbonyl (C=O) groups excluding carboxylic acids is 1. The molecule has 1 heterocycles. The van der Waals surface area contributed by atoms with Gasteiger partial charge in [-0.05, 0) is 24.3 Å². The zero-order chi connectivity index (χ0) is 15.8. The number of benzene rings is 1. The zero-order valence-electron chi connectivity index (χ0n) is 12.3. The summed E-state index contributed by atoms with van der Waals surface area (Å²) in [5, 5.41) is 0. The first-order valence-corrected chi connectivity index (χ1v) is 6.87. The Labute approximate surface area is 128 Å². The van der Waals surface area contributed by atoms with Crippen LogP contribution < -0.4 is 4.74 Å². The first kappa shape index (κ1) is 16.0. The number of hydrogen-bond acceptors (Lipinski definition) is 4. The quantitative estimate of drug-likeness (QED) is 0.752. The van der Waals surface area contributed by atoms with Gasteiger partial charge >= 0.3 is 0 Å². The maximum atomic E-state index is 13.5. The number of rotatable bonds is 8. The van der Waals surface area contributed by atoms with E-state index in [-0.39, 0.29) is 18.3 Å². The number of furan rings is 1. The van der Waals surface area contributed by atoms with Crippen LogP contribution in [0, 0.1) is 5.82 Å². The molecule has 0 atom stereocenters. The van der Waals surface area contributed by atoms with Crippen molar-refractivity contribution in [1.82, 2.24) is 4.90 Å². The fraction of sp³-hybridized carbons (Fsp3) is 0.312. The molecular weight excluding hydrogens is 289 g/mol. The number of nitrogens with zero attached hydrogens (tertiary/aromatic N) is 1. The fourth-order valence-corrected chi connectivity index (χ4v) is 1.88. The normalized spacial score (nSPS) is 10.5. The van der Waals surface area contributed by atoms with Gasteiger partial charge in [-0.2, -0.15) is 0 Å². The van der Waals surface area contributed by atoms with E-state index in [2.05, 4.69) is 0 Å². The van der Waals surface area contributed by atoms with Crippen LogP contribution in [0.1, 0.15) is 5.76 Å². The minimum atomic E-state index is -0.496. The smallest absolute Gasteiger partial charge is 0.260 e. The topological polar surface area (TPSA) is 51.9 Å². The second-order valence-corrected chi connectivity index (χ2v) is 4.61. The molecule has 6 heteroatoms. The van der Waals surface area contributed by atoms with Crippen molar-refractivity contribution in [3.63, 3.8) is 0 Å². The standard InChI is InChI=1S/C16H18FNO4/c1-20-10-8-18(11-13-5-4-9-21-13)16(19)12-22-15-7-3-2-6-14(15)17/h2-7,9H,8,10-12H2,1H3. The maximum absolute atomic E-state index is 13.5. The molecule has 0 aliphatic carbocycles. The van der Waals surface area contributed by atoms with Crippen molar-refractivity contribution in [2.75, 3.05) is 26.9 Å². The highest BCUT2D eigenvalue weighted by Crippen LogP contribution is 2.15. The molecule has 0 radical (unpaired) electrons.